The van der Waals surface area contributed by atoms with Crippen molar-refractivity contribution < 1.29 is 9.53 Å². The number of likely N-dealkylation sites (tertiary alicyclic amines) is 1. The molecule has 6 nitrogen and oxygen atoms in total. The van der Waals surface area contributed by atoms with Crippen LogP contribution >= 0.6 is 11.3 Å². The molecule has 1 amide bonds. The van der Waals surface area contributed by atoms with Gasteiger partial charge in [0.25, 0.3) is 5.91 Å². The molecule has 0 radical (unpaired) electrons. The number of hydrogen-bond acceptors (Lipinski definition) is 6. The number of rotatable bonds is 6. The summed E-state index contributed by atoms with van der Waals surface area (Å²) in [5.74, 6) is 0.373. The number of hydrogen-bond donors (Lipinski definition) is 1. The van der Waals surface area contributed by atoms with Crippen molar-refractivity contribution in [2.45, 2.75) is 32.2 Å². The second-order valence-electron chi connectivity index (χ2n) is 5.92. The summed E-state index contributed by atoms with van der Waals surface area (Å²) in [6.45, 7) is 4.85. The highest BCUT2D eigenvalue weighted by Crippen LogP contribution is 2.21. The second-order valence-corrected chi connectivity index (χ2v) is 6.76. The molecule has 1 saturated heterocycles. The van der Waals surface area contributed by atoms with E-state index < -0.39 is 0 Å². The number of anilines is 1. The molecule has 1 aliphatic rings. The van der Waals surface area contributed by atoms with Gasteiger partial charge in [0, 0.05) is 12.6 Å². The number of piperidine rings is 1. The minimum absolute atomic E-state index is 0.228. The van der Waals surface area contributed by atoms with Gasteiger partial charge in [0.15, 0.2) is 0 Å². The highest BCUT2D eigenvalue weighted by atomic mass is 32.1. The first-order chi connectivity index (χ1) is 11.7. The van der Waals surface area contributed by atoms with E-state index in [4.69, 9.17) is 4.74 Å². The average Bonchev–Trinajstić information content (AvgIpc) is 3.10. The van der Waals surface area contributed by atoms with E-state index in [-0.39, 0.29) is 5.91 Å². The number of ether oxygens (including phenoxy) is 1. The van der Waals surface area contributed by atoms with Gasteiger partial charge in [0.2, 0.25) is 5.13 Å². The SMILES string of the molecule is CC1CCCCN1CCOc1ccccc1C(=O)Nc1nncs1. The van der Waals surface area contributed by atoms with E-state index in [2.05, 4.69) is 27.3 Å². The number of aromatic nitrogens is 2. The first-order valence-corrected chi connectivity index (χ1v) is 9.15. The fourth-order valence-corrected chi connectivity index (χ4v) is 3.37. The maximum absolute atomic E-state index is 12.4. The normalized spacial score (nSPS) is 18.3. The van der Waals surface area contributed by atoms with Gasteiger partial charge in [-0.15, -0.1) is 10.2 Å². The predicted octanol–water partition coefficient (Wildman–Crippen LogP) is 3.04. The van der Waals surface area contributed by atoms with Gasteiger partial charge in [-0.3, -0.25) is 15.0 Å². The van der Waals surface area contributed by atoms with E-state index >= 15 is 0 Å². The molecule has 0 aliphatic carbocycles. The predicted molar refractivity (Wildman–Crippen MR) is 94.7 cm³/mol. The van der Waals surface area contributed by atoms with Gasteiger partial charge in [0.1, 0.15) is 17.9 Å². The minimum Gasteiger partial charge on any atom is -0.491 e. The van der Waals surface area contributed by atoms with Crippen LogP contribution in [0.5, 0.6) is 5.75 Å². The molecule has 2 aromatic rings. The number of carbonyl (C=O) groups excluding carboxylic acids is 1. The van der Waals surface area contributed by atoms with Crippen LogP contribution in [-0.2, 0) is 0 Å². The van der Waals surface area contributed by atoms with E-state index in [1.807, 2.05) is 18.2 Å². The molecule has 1 fully saturated rings. The number of nitrogens with zero attached hydrogens (tertiary/aromatic N) is 3. The number of para-hydroxylation sites is 1. The van der Waals surface area contributed by atoms with Gasteiger partial charge < -0.3 is 4.74 Å². The van der Waals surface area contributed by atoms with Crippen molar-refractivity contribution in [2.24, 2.45) is 0 Å². The summed E-state index contributed by atoms with van der Waals surface area (Å²) in [6, 6.07) is 7.90. The molecule has 1 N–H and O–H groups in total. The Balaban J connectivity index is 1.58. The molecule has 7 heteroatoms. The van der Waals surface area contributed by atoms with Gasteiger partial charge in [-0.1, -0.05) is 29.9 Å². The minimum atomic E-state index is -0.228. The number of benzene rings is 1. The lowest BCUT2D eigenvalue weighted by atomic mass is 10.0. The molecule has 3 rings (SSSR count). The number of carbonyl (C=O) groups is 1. The fraction of sp³-hybridized carbons (Fsp3) is 0.471. The molecule has 1 unspecified atom stereocenters. The molecule has 1 aromatic heterocycles. The molecule has 1 aromatic carbocycles. The Morgan fingerprint density at radius 3 is 3.08 bits per heavy atom. The molecule has 24 heavy (non-hydrogen) atoms. The van der Waals surface area contributed by atoms with Crippen LogP contribution in [0.1, 0.15) is 36.5 Å². The van der Waals surface area contributed by atoms with Crippen LogP contribution in [0.15, 0.2) is 29.8 Å². The molecule has 1 aliphatic heterocycles. The molecular formula is C17H22N4O2S. The zero-order valence-electron chi connectivity index (χ0n) is 13.8. The van der Waals surface area contributed by atoms with Crippen LogP contribution in [0.4, 0.5) is 5.13 Å². The number of nitrogens with one attached hydrogen (secondary N) is 1. The van der Waals surface area contributed by atoms with E-state index in [0.717, 1.165) is 13.1 Å². The summed E-state index contributed by atoms with van der Waals surface area (Å²) in [5, 5.41) is 10.8. The van der Waals surface area contributed by atoms with Gasteiger partial charge in [0.05, 0.1) is 5.56 Å². The summed E-state index contributed by atoms with van der Waals surface area (Å²) in [7, 11) is 0. The van der Waals surface area contributed by atoms with Crippen LogP contribution in [0.3, 0.4) is 0 Å². The summed E-state index contributed by atoms with van der Waals surface area (Å²) < 4.78 is 5.89. The highest BCUT2D eigenvalue weighted by molar-refractivity contribution is 7.13. The van der Waals surface area contributed by atoms with Crippen molar-refractivity contribution in [3.8, 4) is 5.75 Å². The fourth-order valence-electron chi connectivity index (χ4n) is 2.93. The Kier molecular flexibility index (Phi) is 5.77. The van der Waals surface area contributed by atoms with Gasteiger partial charge in [-0.2, -0.15) is 0 Å². The Labute approximate surface area is 145 Å². The Bertz CT molecular complexity index is 662. The molecule has 0 saturated carbocycles. The topological polar surface area (TPSA) is 67.3 Å². The summed E-state index contributed by atoms with van der Waals surface area (Å²) >= 11 is 1.29. The average molecular weight is 346 g/mol. The van der Waals surface area contributed by atoms with Crippen molar-refractivity contribution >= 4 is 22.4 Å². The summed E-state index contributed by atoms with van der Waals surface area (Å²) in [6.07, 6.45) is 3.82. The van der Waals surface area contributed by atoms with E-state index in [9.17, 15) is 4.79 Å². The first kappa shape index (κ1) is 16.9. The van der Waals surface area contributed by atoms with Crippen molar-refractivity contribution in [3.63, 3.8) is 0 Å². The largest absolute Gasteiger partial charge is 0.491 e. The van der Waals surface area contributed by atoms with E-state index in [1.54, 1.807) is 11.6 Å². The van der Waals surface area contributed by atoms with E-state index in [1.165, 1.54) is 30.6 Å². The Morgan fingerprint density at radius 2 is 2.29 bits per heavy atom. The molecule has 128 valence electrons. The molecule has 1 atom stereocenters. The second kappa shape index (κ2) is 8.21. The monoisotopic (exact) mass is 346 g/mol. The Morgan fingerprint density at radius 1 is 1.42 bits per heavy atom. The number of amides is 1. The van der Waals surface area contributed by atoms with Crippen molar-refractivity contribution in [1.29, 1.82) is 0 Å². The summed E-state index contributed by atoms with van der Waals surface area (Å²) in [4.78, 5) is 14.8. The summed E-state index contributed by atoms with van der Waals surface area (Å²) in [5.41, 5.74) is 2.09. The van der Waals surface area contributed by atoms with Crippen molar-refractivity contribution in [1.82, 2.24) is 15.1 Å². The Hall–Kier alpha value is -1.99. The highest BCUT2D eigenvalue weighted by Gasteiger charge is 2.18. The third-order valence-electron chi connectivity index (χ3n) is 4.29. The molecular weight excluding hydrogens is 324 g/mol. The maximum Gasteiger partial charge on any atom is 0.261 e. The molecule has 0 bridgehead atoms. The third-order valence-corrected chi connectivity index (χ3v) is 4.90. The quantitative estimate of drug-likeness (QED) is 0.871. The maximum atomic E-state index is 12.4. The first-order valence-electron chi connectivity index (χ1n) is 8.27. The molecule has 2 heterocycles. The van der Waals surface area contributed by atoms with Gasteiger partial charge in [-0.25, -0.2) is 0 Å². The van der Waals surface area contributed by atoms with Crippen LogP contribution in [-0.4, -0.2) is 46.7 Å². The van der Waals surface area contributed by atoms with Gasteiger partial charge in [-0.05, 0) is 38.4 Å². The molecule has 0 spiro atoms. The zero-order valence-corrected chi connectivity index (χ0v) is 14.6. The van der Waals surface area contributed by atoms with Crippen LogP contribution in [0.2, 0.25) is 0 Å². The van der Waals surface area contributed by atoms with E-state index in [0.29, 0.717) is 29.1 Å². The lowest BCUT2D eigenvalue weighted by molar-refractivity contribution is 0.101. The van der Waals surface area contributed by atoms with Crippen molar-refractivity contribution in [2.75, 3.05) is 25.0 Å². The van der Waals surface area contributed by atoms with Crippen LogP contribution in [0.25, 0.3) is 0 Å². The third kappa shape index (κ3) is 4.30. The lowest BCUT2D eigenvalue weighted by Gasteiger charge is -2.33. The zero-order chi connectivity index (χ0) is 16.8. The van der Waals surface area contributed by atoms with Crippen molar-refractivity contribution in [3.05, 3.63) is 35.3 Å². The van der Waals surface area contributed by atoms with Crippen LogP contribution < -0.4 is 10.1 Å². The lowest BCUT2D eigenvalue weighted by Crippen LogP contribution is -2.40. The van der Waals surface area contributed by atoms with Crippen LogP contribution in [0, 0.1) is 0 Å². The van der Waals surface area contributed by atoms with Gasteiger partial charge >= 0.3 is 0 Å². The standard InChI is InChI=1S/C17H22N4O2S/c1-13-6-4-5-9-21(13)10-11-23-15-8-3-2-7-14(15)16(22)19-17-20-18-12-24-17/h2-3,7-8,12-13H,4-6,9-11H2,1H3,(H,19,20,22). The smallest absolute Gasteiger partial charge is 0.261 e.